The summed E-state index contributed by atoms with van der Waals surface area (Å²) in [5.41, 5.74) is 1.54. The number of nitrogens with zero attached hydrogens (tertiary/aromatic N) is 3. The number of benzene rings is 1. The Morgan fingerprint density at radius 2 is 1.32 bits per heavy atom. The maximum absolute atomic E-state index is 12.3. The molecule has 0 aliphatic heterocycles. The van der Waals surface area contributed by atoms with Crippen LogP contribution in [0.3, 0.4) is 0 Å². The Bertz CT molecular complexity index is 750. The van der Waals surface area contributed by atoms with E-state index in [9.17, 15) is 4.79 Å². The molecule has 0 fully saturated rings. The fraction of sp³-hybridized carbons (Fsp3) is 0.667. The molecule has 0 atom stereocenters. The smallest absolute Gasteiger partial charge is 0.252 e. The summed E-state index contributed by atoms with van der Waals surface area (Å²) in [6.07, 6.45) is 26.4. The van der Waals surface area contributed by atoms with Crippen LogP contribution in [0.4, 0.5) is 0 Å². The first kappa shape index (κ1) is 25.3. The molecule has 0 aliphatic carbocycles. The lowest BCUT2D eigenvalue weighted by atomic mass is 10.0. The summed E-state index contributed by atoms with van der Waals surface area (Å²) in [5, 5.41) is 8.01. The van der Waals surface area contributed by atoms with Crippen molar-refractivity contribution in [3.05, 3.63) is 36.4 Å². The maximum Gasteiger partial charge on any atom is 0.252 e. The summed E-state index contributed by atoms with van der Waals surface area (Å²) in [6.45, 7) is 2.28. The fourth-order valence-electron chi connectivity index (χ4n) is 4.08. The SMILES string of the molecule is CCCCCCCCCCCCCCCCC/C=C/CC(=O)n1nnc2ccccc21. The summed E-state index contributed by atoms with van der Waals surface area (Å²) in [4.78, 5) is 12.3. The number of para-hydroxylation sites is 1. The van der Waals surface area contributed by atoms with Crippen molar-refractivity contribution in [2.24, 2.45) is 0 Å². The van der Waals surface area contributed by atoms with Crippen molar-refractivity contribution in [2.45, 2.75) is 116 Å². The van der Waals surface area contributed by atoms with Gasteiger partial charge in [0.1, 0.15) is 5.52 Å². The number of fused-ring (bicyclic) bond motifs is 1. The monoisotopic (exact) mass is 425 g/mol. The van der Waals surface area contributed by atoms with Crippen LogP contribution >= 0.6 is 0 Å². The van der Waals surface area contributed by atoms with Crippen molar-refractivity contribution in [1.29, 1.82) is 0 Å². The normalized spacial score (nSPS) is 11.6. The molecule has 1 heterocycles. The van der Waals surface area contributed by atoms with Crippen LogP contribution in [-0.4, -0.2) is 20.9 Å². The molecule has 0 unspecified atom stereocenters. The number of hydrogen-bond donors (Lipinski definition) is 0. The van der Waals surface area contributed by atoms with Crippen molar-refractivity contribution < 1.29 is 4.79 Å². The van der Waals surface area contributed by atoms with Gasteiger partial charge >= 0.3 is 0 Å². The van der Waals surface area contributed by atoms with E-state index in [4.69, 9.17) is 0 Å². The van der Waals surface area contributed by atoms with Gasteiger partial charge < -0.3 is 0 Å². The van der Waals surface area contributed by atoms with Gasteiger partial charge in [-0.2, -0.15) is 4.68 Å². The van der Waals surface area contributed by atoms with E-state index >= 15 is 0 Å². The number of rotatable bonds is 18. The number of carbonyl (C=O) groups excluding carboxylic acids is 1. The van der Waals surface area contributed by atoms with Gasteiger partial charge in [-0.3, -0.25) is 4.79 Å². The van der Waals surface area contributed by atoms with Gasteiger partial charge in [0, 0.05) is 6.42 Å². The zero-order chi connectivity index (χ0) is 22.0. The molecule has 0 N–H and O–H groups in total. The Morgan fingerprint density at radius 1 is 0.774 bits per heavy atom. The van der Waals surface area contributed by atoms with Gasteiger partial charge in [0.25, 0.3) is 5.91 Å². The number of allylic oxidation sites excluding steroid dienone is 2. The zero-order valence-corrected chi connectivity index (χ0v) is 19.7. The number of unbranched alkanes of at least 4 members (excludes halogenated alkanes) is 15. The molecule has 172 valence electrons. The van der Waals surface area contributed by atoms with Crippen LogP contribution in [0.25, 0.3) is 11.0 Å². The molecule has 31 heavy (non-hydrogen) atoms. The maximum atomic E-state index is 12.3. The topological polar surface area (TPSA) is 47.8 Å². The van der Waals surface area contributed by atoms with E-state index in [1.807, 2.05) is 30.3 Å². The molecule has 2 aromatic rings. The van der Waals surface area contributed by atoms with Crippen LogP contribution in [-0.2, 0) is 0 Å². The molecular formula is C27H43N3O. The van der Waals surface area contributed by atoms with E-state index in [1.165, 1.54) is 101 Å². The van der Waals surface area contributed by atoms with Crippen molar-refractivity contribution >= 4 is 16.9 Å². The Labute approximate surface area is 189 Å². The number of carbonyl (C=O) groups is 1. The molecule has 0 saturated carbocycles. The van der Waals surface area contributed by atoms with Crippen molar-refractivity contribution in [3.63, 3.8) is 0 Å². The summed E-state index contributed by atoms with van der Waals surface area (Å²) < 4.78 is 1.41. The average Bonchev–Trinajstić information content (AvgIpc) is 3.22. The third-order valence-electron chi connectivity index (χ3n) is 6.02. The lowest BCUT2D eigenvalue weighted by Crippen LogP contribution is -2.10. The summed E-state index contributed by atoms with van der Waals surface area (Å²) >= 11 is 0. The van der Waals surface area contributed by atoms with Crippen LogP contribution in [0, 0.1) is 0 Å². The van der Waals surface area contributed by atoms with Gasteiger partial charge in [-0.15, -0.1) is 5.10 Å². The van der Waals surface area contributed by atoms with E-state index in [0.29, 0.717) is 6.42 Å². The molecule has 0 saturated heterocycles. The van der Waals surface area contributed by atoms with Gasteiger partial charge in [-0.25, -0.2) is 0 Å². The molecule has 0 spiro atoms. The van der Waals surface area contributed by atoms with Gasteiger partial charge in [0.2, 0.25) is 0 Å². The third kappa shape index (κ3) is 10.8. The molecule has 0 amide bonds. The molecule has 4 nitrogen and oxygen atoms in total. The summed E-state index contributed by atoms with van der Waals surface area (Å²) in [7, 11) is 0. The highest BCUT2D eigenvalue weighted by Crippen LogP contribution is 2.14. The average molecular weight is 426 g/mol. The van der Waals surface area contributed by atoms with Crippen LogP contribution in [0.2, 0.25) is 0 Å². The van der Waals surface area contributed by atoms with Crippen molar-refractivity contribution in [2.75, 3.05) is 0 Å². The highest BCUT2D eigenvalue weighted by atomic mass is 16.2. The molecule has 0 bridgehead atoms. The second-order valence-electron chi connectivity index (χ2n) is 8.80. The molecule has 1 aromatic carbocycles. The Morgan fingerprint density at radius 3 is 1.94 bits per heavy atom. The van der Waals surface area contributed by atoms with E-state index < -0.39 is 0 Å². The Hall–Kier alpha value is -1.97. The third-order valence-corrected chi connectivity index (χ3v) is 6.02. The van der Waals surface area contributed by atoms with E-state index in [-0.39, 0.29) is 5.91 Å². The summed E-state index contributed by atoms with van der Waals surface area (Å²) in [6, 6.07) is 7.57. The molecular weight excluding hydrogens is 382 g/mol. The minimum atomic E-state index is -0.0264. The quantitative estimate of drug-likeness (QED) is 0.178. The lowest BCUT2D eigenvalue weighted by molar-refractivity contribution is 0.0904. The van der Waals surface area contributed by atoms with E-state index in [1.54, 1.807) is 0 Å². The highest BCUT2D eigenvalue weighted by molar-refractivity contribution is 5.89. The van der Waals surface area contributed by atoms with Gasteiger partial charge in [0.05, 0.1) is 5.52 Å². The van der Waals surface area contributed by atoms with E-state index in [0.717, 1.165) is 17.5 Å². The zero-order valence-electron chi connectivity index (χ0n) is 19.7. The van der Waals surface area contributed by atoms with Gasteiger partial charge in [0.15, 0.2) is 0 Å². The van der Waals surface area contributed by atoms with Crippen LogP contribution in [0.1, 0.15) is 121 Å². The largest absolute Gasteiger partial charge is 0.272 e. The molecule has 0 aliphatic rings. The second-order valence-corrected chi connectivity index (χ2v) is 8.80. The predicted molar refractivity (Wildman–Crippen MR) is 131 cm³/mol. The summed E-state index contributed by atoms with van der Waals surface area (Å²) in [5.74, 6) is -0.0264. The van der Waals surface area contributed by atoms with E-state index in [2.05, 4.69) is 23.3 Å². The Balaban J connectivity index is 1.37. The first-order chi connectivity index (χ1) is 15.3. The first-order valence-corrected chi connectivity index (χ1v) is 12.8. The predicted octanol–water partition coefficient (Wildman–Crippen LogP) is 8.28. The van der Waals surface area contributed by atoms with Gasteiger partial charge in [-0.1, -0.05) is 126 Å². The van der Waals surface area contributed by atoms with Crippen LogP contribution in [0.15, 0.2) is 36.4 Å². The van der Waals surface area contributed by atoms with Crippen LogP contribution in [0.5, 0.6) is 0 Å². The Kier molecular flexibility index (Phi) is 13.6. The van der Waals surface area contributed by atoms with Gasteiger partial charge in [-0.05, 0) is 25.0 Å². The standard InChI is InChI=1S/C27H43N3O/c1-2-3-4-5-6-7-8-9-10-11-12-13-14-15-16-17-18-19-24-27(31)30-26-23-21-20-22-25(26)28-29-30/h18-23H,2-17,24H2,1H3/b19-18+. The molecule has 2 rings (SSSR count). The minimum Gasteiger partial charge on any atom is -0.272 e. The lowest BCUT2D eigenvalue weighted by Gasteiger charge is -2.03. The van der Waals surface area contributed by atoms with Crippen molar-refractivity contribution in [1.82, 2.24) is 15.0 Å². The highest BCUT2D eigenvalue weighted by Gasteiger charge is 2.09. The second kappa shape index (κ2) is 16.7. The minimum absolute atomic E-state index is 0.0264. The molecule has 0 radical (unpaired) electrons. The first-order valence-electron chi connectivity index (χ1n) is 12.8. The number of hydrogen-bond acceptors (Lipinski definition) is 3. The molecule has 4 heteroatoms. The van der Waals surface area contributed by atoms with Crippen molar-refractivity contribution in [3.8, 4) is 0 Å². The van der Waals surface area contributed by atoms with Crippen LogP contribution < -0.4 is 0 Å². The number of aromatic nitrogens is 3. The molecule has 1 aromatic heterocycles. The fourth-order valence-corrected chi connectivity index (χ4v) is 4.08.